The second-order valence-electron chi connectivity index (χ2n) is 6.21. The van der Waals surface area contributed by atoms with E-state index in [1.54, 1.807) is 31.2 Å². The molecular formula is C20H17N3O5S. The van der Waals surface area contributed by atoms with Crippen LogP contribution >= 0.6 is 0 Å². The summed E-state index contributed by atoms with van der Waals surface area (Å²) >= 11 is 0. The van der Waals surface area contributed by atoms with Gasteiger partial charge in [0.05, 0.1) is 9.82 Å². The van der Waals surface area contributed by atoms with Gasteiger partial charge in [-0.25, -0.2) is 8.42 Å². The first-order valence-corrected chi connectivity index (χ1v) is 9.99. The lowest BCUT2D eigenvalue weighted by Gasteiger charge is -2.11. The maximum absolute atomic E-state index is 12.6. The van der Waals surface area contributed by atoms with Gasteiger partial charge in [0, 0.05) is 29.1 Å². The van der Waals surface area contributed by atoms with Gasteiger partial charge in [0.15, 0.2) is 0 Å². The van der Waals surface area contributed by atoms with Crippen LogP contribution in [0.2, 0.25) is 0 Å². The number of non-ortho nitro benzene ring substituents is 1. The van der Waals surface area contributed by atoms with E-state index in [9.17, 15) is 23.3 Å². The predicted octanol–water partition coefficient (Wildman–Crippen LogP) is 3.96. The van der Waals surface area contributed by atoms with E-state index < -0.39 is 14.9 Å². The molecule has 0 bridgehead atoms. The number of carbonyl (C=O) groups excluding carboxylic acids is 1. The molecule has 0 unspecified atom stereocenters. The zero-order valence-electron chi connectivity index (χ0n) is 15.3. The third-order valence-corrected chi connectivity index (χ3v) is 5.63. The van der Waals surface area contributed by atoms with Crippen LogP contribution in [0.4, 0.5) is 17.1 Å². The molecule has 0 aromatic heterocycles. The number of para-hydroxylation sites is 1. The van der Waals surface area contributed by atoms with Crippen molar-refractivity contribution in [1.82, 2.24) is 0 Å². The Hall–Kier alpha value is -3.72. The Labute approximate surface area is 167 Å². The highest BCUT2D eigenvalue weighted by Crippen LogP contribution is 2.24. The quantitative estimate of drug-likeness (QED) is 0.470. The molecule has 0 spiro atoms. The number of hydrogen-bond acceptors (Lipinski definition) is 5. The van der Waals surface area contributed by atoms with Gasteiger partial charge in [-0.05, 0) is 48.9 Å². The van der Waals surface area contributed by atoms with Crippen LogP contribution in [-0.2, 0) is 10.0 Å². The number of sulfonamides is 1. The van der Waals surface area contributed by atoms with Gasteiger partial charge in [-0.3, -0.25) is 19.6 Å². The van der Waals surface area contributed by atoms with Gasteiger partial charge in [0.2, 0.25) is 0 Å². The topological polar surface area (TPSA) is 118 Å². The molecule has 3 rings (SSSR count). The zero-order chi connectivity index (χ0) is 21.0. The lowest BCUT2D eigenvalue weighted by atomic mass is 10.2. The van der Waals surface area contributed by atoms with E-state index in [1.165, 1.54) is 36.4 Å². The van der Waals surface area contributed by atoms with E-state index in [0.717, 1.165) is 6.07 Å². The minimum absolute atomic E-state index is 0.183. The average Bonchev–Trinajstić information content (AvgIpc) is 2.69. The molecule has 0 saturated carbocycles. The van der Waals surface area contributed by atoms with Crippen molar-refractivity contribution < 1.29 is 18.1 Å². The lowest BCUT2D eigenvalue weighted by Crippen LogP contribution is -2.15. The molecule has 0 saturated heterocycles. The van der Waals surface area contributed by atoms with Crippen molar-refractivity contribution in [3.63, 3.8) is 0 Å². The van der Waals surface area contributed by atoms with Gasteiger partial charge < -0.3 is 5.32 Å². The van der Waals surface area contributed by atoms with Gasteiger partial charge in [0.25, 0.3) is 21.6 Å². The third kappa shape index (κ3) is 4.77. The summed E-state index contributed by atoms with van der Waals surface area (Å²) in [5, 5.41) is 13.7. The molecule has 0 fully saturated rings. The van der Waals surface area contributed by atoms with E-state index in [0.29, 0.717) is 16.8 Å². The summed E-state index contributed by atoms with van der Waals surface area (Å²) in [6, 6.07) is 18.4. The van der Waals surface area contributed by atoms with Crippen LogP contribution in [0.1, 0.15) is 15.9 Å². The minimum atomic E-state index is -4.04. The number of amides is 1. The number of nitrogens with one attached hydrogen (secondary N) is 2. The fourth-order valence-corrected chi connectivity index (χ4v) is 3.94. The summed E-state index contributed by atoms with van der Waals surface area (Å²) in [5.74, 6) is -0.333. The second-order valence-corrected chi connectivity index (χ2v) is 7.86. The molecule has 0 atom stereocenters. The number of aryl methyl sites for hydroxylation is 1. The summed E-state index contributed by atoms with van der Waals surface area (Å²) in [5.41, 5.74) is 1.28. The molecular weight excluding hydrogens is 394 g/mol. The Balaban J connectivity index is 1.78. The summed E-state index contributed by atoms with van der Waals surface area (Å²) in [4.78, 5) is 22.4. The van der Waals surface area contributed by atoms with Crippen LogP contribution in [0, 0.1) is 17.0 Å². The maximum Gasteiger partial charge on any atom is 0.270 e. The van der Waals surface area contributed by atoms with Gasteiger partial charge in [0.1, 0.15) is 0 Å². The fraction of sp³-hybridized carbons (Fsp3) is 0.0500. The van der Waals surface area contributed by atoms with Crippen molar-refractivity contribution >= 4 is 33.0 Å². The van der Waals surface area contributed by atoms with Crippen molar-refractivity contribution in [1.29, 1.82) is 0 Å². The molecule has 0 heterocycles. The van der Waals surface area contributed by atoms with Crippen molar-refractivity contribution in [2.75, 3.05) is 10.0 Å². The van der Waals surface area contributed by atoms with Crippen LogP contribution in [0.15, 0.2) is 77.7 Å². The van der Waals surface area contributed by atoms with Crippen LogP contribution in [0.25, 0.3) is 0 Å². The maximum atomic E-state index is 12.6. The van der Waals surface area contributed by atoms with Crippen LogP contribution < -0.4 is 10.0 Å². The van der Waals surface area contributed by atoms with E-state index in [4.69, 9.17) is 0 Å². The van der Waals surface area contributed by atoms with Gasteiger partial charge in [-0.1, -0.05) is 24.3 Å². The first kappa shape index (κ1) is 20.0. The highest BCUT2D eigenvalue weighted by Gasteiger charge is 2.21. The lowest BCUT2D eigenvalue weighted by molar-refractivity contribution is -0.385. The highest BCUT2D eigenvalue weighted by molar-refractivity contribution is 7.92. The Kier molecular flexibility index (Phi) is 5.60. The molecule has 0 aliphatic carbocycles. The molecule has 1 amide bonds. The van der Waals surface area contributed by atoms with Gasteiger partial charge in [-0.15, -0.1) is 0 Å². The smallest absolute Gasteiger partial charge is 0.270 e. The standard InChI is InChI=1S/C20H17N3O5S/c1-14-7-12-18(23(25)26)13-19(14)29(27,28)22-17-10-8-15(9-11-17)20(24)21-16-5-3-2-4-6-16/h2-13,22H,1H3,(H,21,24). The Morgan fingerprint density at radius 2 is 1.59 bits per heavy atom. The van der Waals surface area contributed by atoms with Crippen LogP contribution in [0.3, 0.4) is 0 Å². The van der Waals surface area contributed by atoms with Crippen molar-refractivity contribution in [3.8, 4) is 0 Å². The Morgan fingerprint density at radius 3 is 2.21 bits per heavy atom. The van der Waals surface area contributed by atoms with Gasteiger partial charge in [-0.2, -0.15) is 0 Å². The highest BCUT2D eigenvalue weighted by atomic mass is 32.2. The molecule has 3 aromatic rings. The monoisotopic (exact) mass is 411 g/mol. The average molecular weight is 411 g/mol. The number of hydrogen-bond donors (Lipinski definition) is 2. The zero-order valence-corrected chi connectivity index (χ0v) is 16.1. The first-order chi connectivity index (χ1) is 13.8. The predicted molar refractivity (Wildman–Crippen MR) is 109 cm³/mol. The Bertz CT molecular complexity index is 1160. The van der Waals surface area contributed by atoms with E-state index in [1.807, 2.05) is 6.07 Å². The molecule has 9 heteroatoms. The van der Waals surface area contributed by atoms with Gasteiger partial charge >= 0.3 is 0 Å². The minimum Gasteiger partial charge on any atom is -0.322 e. The molecule has 8 nitrogen and oxygen atoms in total. The largest absolute Gasteiger partial charge is 0.322 e. The number of nitrogens with zero attached hydrogens (tertiary/aromatic N) is 1. The number of rotatable bonds is 6. The number of nitro groups is 1. The third-order valence-electron chi connectivity index (χ3n) is 4.10. The number of nitro benzene ring substituents is 1. The SMILES string of the molecule is Cc1ccc([N+](=O)[O-])cc1S(=O)(=O)Nc1ccc(C(=O)Nc2ccccc2)cc1. The summed E-state index contributed by atoms with van der Waals surface area (Å²) in [6.07, 6.45) is 0. The summed E-state index contributed by atoms with van der Waals surface area (Å²) < 4.78 is 27.7. The van der Waals surface area contributed by atoms with Crippen molar-refractivity contribution in [3.05, 3.63) is 94.0 Å². The van der Waals surface area contributed by atoms with E-state index >= 15 is 0 Å². The molecule has 0 aliphatic heterocycles. The normalized spacial score (nSPS) is 10.9. The fourth-order valence-electron chi connectivity index (χ4n) is 2.62. The van der Waals surface area contributed by atoms with Crippen molar-refractivity contribution in [2.45, 2.75) is 11.8 Å². The molecule has 0 aliphatic rings. The first-order valence-electron chi connectivity index (χ1n) is 8.50. The molecule has 2 N–H and O–H groups in total. The number of carbonyl (C=O) groups is 1. The Morgan fingerprint density at radius 1 is 0.931 bits per heavy atom. The second kappa shape index (κ2) is 8.11. The summed E-state index contributed by atoms with van der Waals surface area (Å²) in [7, 11) is -4.04. The van der Waals surface area contributed by atoms with Crippen molar-refractivity contribution in [2.24, 2.45) is 0 Å². The molecule has 0 radical (unpaired) electrons. The van der Waals surface area contributed by atoms with E-state index in [2.05, 4.69) is 10.0 Å². The van der Waals surface area contributed by atoms with Crippen LogP contribution in [0.5, 0.6) is 0 Å². The molecule has 3 aromatic carbocycles. The molecule has 148 valence electrons. The van der Waals surface area contributed by atoms with E-state index in [-0.39, 0.29) is 22.2 Å². The number of benzene rings is 3. The molecule has 29 heavy (non-hydrogen) atoms. The number of anilines is 2. The van der Waals surface area contributed by atoms with Crippen LogP contribution in [-0.4, -0.2) is 19.2 Å². The summed E-state index contributed by atoms with van der Waals surface area (Å²) in [6.45, 7) is 1.55.